The maximum absolute atomic E-state index is 12.0. The Labute approximate surface area is 151 Å². The van der Waals surface area contributed by atoms with Crippen molar-refractivity contribution < 1.29 is 9.59 Å². The first-order valence-corrected chi connectivity index (χ1v) is 10.1. The van der Waals surface area contributed by atoms with Gasteiger partial charge >= 0.3 is 0 Å². The molecule has 3 saturated carbocycles. The Morgan fingerprint density at radius 1 is 1.16 bits per heavy atom. The van der Waals surface area contributed by atoms with Crippen LogP contribution >= 0.6 is 0 Å². The summed E-state index contributed by atoms with van der Waals surface area (Å²) in [5.74, 6) is 2.36. The molecular formula is C21H32N2O2. The van der Waals surface area contributed by atoms with Gasteiger partial charge in [-0.25, -0.2) is 0 Å². The molecule has 0 aromatic heterocycles. The molecule has 25 heavy (non-hydrogen) atoms. The summed E-state index contributed by atoms with van der Waals surface area (Å²) in [5.41, 5.74) is 1.82. The van der Waals surface area contributed by atoms with Gasteiger partial charge in [-0.2, -0.15) is 0 Å². The highest BCUT2D eigenvalue weighted by molar-refractivity contribution is 5.88. The molecule has 2 amide bonds. The van der Waals surface area contributed by atoms with Crippen LogP contribution in [0.3, 0.4) is 0 Å². The highest BCUT2D eigenvalue weighted by atomic mass is 16.2. The Hall–Kier alpha value is -1.32. The van der Waals surface area contributed by atoms with Crippen LogP contribution in [0.25, 0.3) is 0 Å². The molecule has 0 aromatic rings. The predicted octanol–water partition coefficient (Wildman–Crippen LogP) is 3.18. The molecule has 2 N–H and O–H groups in total. The largest absolute Gasteiger partial charge is 0.353 e. The number of allylic oxidation sites excluding steroid dienone is 1. The molecule has 1 aliphatic heterocycles. The topological polar surface area (TPSA) is 58.2 Å². The normalized spacial score (nSPS) is 46.0. The molecule has 4 heteroatoms. The minimum Gasteiger partial charge on any atom is -0.353 e. The Morgan fingerprint density at radius 2 is 1.96 bits per heavy atom. The van der Waals surface area contributed by atoms with Gasteiger partial charge in [0.25, 0.3) is 0 Å². The van der Waals surface area contributed by atoms with Crippen molar-refractivity contribution in [2.75, 3.05) is 6.54 Å². The minimum absolute atomic E-state index is 0.101. The van der Waals surface area contributed by atoms with E-state index in [2.05, 4.69) is 24.5 Å². The maximum Gasteiger partial charge on any atom is 0.243 e. The molecule has 0 spiro atoms. The van der Waals surface area contributed by atoms with Crippen LogP contribution in [0.5, 0.6) is 0 Å². The van der Waals surface area contributed by atoms with E-state index in [1.54, 1.807) is 6.92 Å². The third-order valence-electron chi connectivity index (χ3n) is 8.36. The highest BCUT2D eigenvalue weighted by Gasteiger charge is 2.58. The van der Waals surface area contributed by atoms with E-state index in [9.17, 15) is 9.59 Å². The van der Waals surface area contributed by atoms with Crippen molar-refractivity contribution in [3.8, 4) is 0 Å². The summed E-state index contributed by atoms with van der Waals surface area (Å²) in [6, 6.07) is 0.345. The first-order valence-electron chi connectivity index (χ1n) is 10.1. The van der Waals surface area contributed by atoms with E-state index < -0.39 is 0 Å². The number of fused-ring (bicyclic) bond motifs is 5. The van der Waals surface area contributed by atoms with Gasteiger partial charge in [-0.3, -0.25) is 9.59 Å². The molecule has 6 atom stereocenters. The average molecular weight is 344 g/mol. The van der Waals surface area contributed by atoms with E-state index in [-0.39, 0.29) is 22.6 Å². The van der Waals surface area contributed by atoms with Crippen molar-refractivity contribution in [3.05, 3.63) is 11.6 Å². The molecule has 0 radical (unpaired) electrons. The Kier molecular flexibility index (Phi) is 4.01. The van der Waals surface area contributed by atoms with Gasteiger partial charge in [0.1, 0.15) is 0 Å². The molecule has 0 bridgehead atoms. The SMILES string of the molecule is CC(=O)N[C@H]1CC[C@H]2[C@H]3CCC4=CC(=O)NCC[C@@]4(C)[C@@H]3CC[C@]12C. The summed E-state index contributed by atoms with van der Waals surface area (Å²) >= 11 is 0. The summed E-state index contributed by atoms with van der Waals surface area (Å²) in [4.78, 5) is 23.6. The van der Waals surface area contributed by atoms with E-state index in [1.165, 1.54) is 31.3 Å². The number of amides is 2. The number of hydrogen-bond donors (Lipinski definition) is 2. The molecular weight excluding hydrogens is 312 g/mol. The first kappa shape index (κ1) is 17.1. The van der Waals surface area contributed by atoms with Crippen LogP contribution in [0.1, 0.15) is 65.7 Å². The lowest BCUT2D eigenvalue weighted by Gasteiger charge is -2.57. The lowest BCUT2D eigenvalue weighted by atomic mass is 9.48. The fraction of sp³-hybridized carbons (Fsp3) is 0.810. The van der Waals surface area contributed by atoms with Crippen LogP contribution in [0.15, 0.2) is 11.6 Å². The fourth-order valence-corrected chi connectivity index (χ4v) is 7.05. The van der Waals surface area contributed by atoms with Crippen molar-refractivity contribution in [2.45, 2.75) is 71.8 Å². The van der Waals surface area contributed by atoms with Crippen LogP contribution < -0.4 is 10.6 Å². The zero-order valence-corrected chi connectivity index (χ0v) is 15.9. The minimum atomic E-state index is 0.101. The molecule has 3 aliphatic carbocycles. The monoisotopic (exact) mass is 344 g/mol. The van der Waals surface area contributed by atoms with Gasteiger partial charge in [0.05, 0.1) is 0 Å². The fourth-order valence-electron chi connectivity index (χ4n) is 7.05. The zero-order chi connectivity index (χ0) is 17.8. The smallest absolute Gasteiger partial charge is 0.243 e. The predicted molar refractivity (Wildman–Crippen MR) is 97.7 cm³/mol. The molecule has 0 saturated heterocycles. The molecule has 4 nitrogen and oxygen atoms in total. The molecule has 0 aromatic carbocycles. The van der Waals surface area contributed by atoms with Crippen LogP contribution in [0.2, 0.25) is 0 Å². The van der Waals surface area contributed by atoms with E-state index >= 15 is 0 Å². The van der Waals surface area contributed by atoms with Crippen molar-refractivity contribution in [1.82, 2.24) is 10.6 Å². The zero-order valence-electron chi connectivity index (χ0n) is 15.9. The van der Waals surface area contributed by atoms with E-state index in [0.717, 1.165) is 31.7 Å². The molecule has 0 unspecified atom stereocenters. The van der Waals surface area contributed by atoms with Gasteiger partial charge in [-0.05, 0) is 73.5 Å². The van der Waals surface area contributed by atoms with Crippen molar-refractivity contribution in [3.63, 3.8) is 0 Å². The Balaban J connectivity index is 1.63. The van der Waals surface area contributed by atoms with Gasteiger partial charge in [-0.1, -0.05) is 19.4 Å². The van der Waals surface area contributed by atoms with Crippen LogP contribution in [-0.4, -0.2) is 24.4 Å². The van der Waals surface area contributed by atoms with Crippen LogP contribution in [-0.2, 0) is 9.59 Å². The van der Waals surface area contributed by atoms with E-state index in [1.807, 2.05) is 6.08 Å². The number of carbonyl (C=O) groups excluding carboxylic acids is 2. The van der Waals surface area contributed by atoms with Gasteiger partial charge < -0.3 is 10.6 Å². The van der Waals surface area contributed by atoms with Gasteiger partial charge in [0.15, 0.2) is 0 Å². The standard InChI is InChI=1S/C21H32N2O2/c1-13(24)23-18-7-6-16-15-5-4-14-12-19(25)22-11-10-20(14,2)17(15)8-9-21(16,18)3/h12,15-18H,4-11H2,1-3H3,(H,22,25)(H,23,24)/t15-,16+,17-,18+,20-,21+/m1/s1. The summed E-state index contributed by atoms with van der Waals surface area (Å²) in [5, 5.41) is 6.29. The Morgan fingerprint density at radius 3 is 2.72 bits per heavy atom. The quantitative estimate of drug-likeness (QED) is 0.767. The highest BCUT2D eigenvalue weighted by Crippen LogP contribution is 2.64. The lowest BCUT2D eigenvalue weighted by Crippen LogP contribution is -2.53. The third kappa shape index (κ3) is 2.55. The summed E-state index contributed by atoms with van der Waals surface area (Å²) in [6.07, 6.45) is 10.1. The summed E-state index contributed by atoms with van der Waals surface area (Å²) < 4.78 is 0. The maximum atomic E-state index is 12.0. The third-order valence-corrected chi connectivity index (χ3v) is 8.36. The second-order valence-corrected chi connectivity index (χ2v) is 9.42. The summed E-state index contributed by atoms with van der Waals surface area (Å²) in [7, 11) is 0. The second kappa shape index (κ2) is 5.85. The van der Waals surface area contributed by atoms with E-state index in [0.29, 0.717) is 17.9 Å². The molecule has 4 aliphatic rings. The molecule has 4 rings (SSSR count). The lowest BCUT2D eigenvalue weighted by molar-refractivity contribution is -0.121. The number of nitrogens with one attached hydrogen (secondary N) is 2. The Bertz CT molecular complexity index is 627. The van der Waals surface area contributed by atoms with Crippen molar-refractivity contribution >= 4 is 11.8 Å². The van der Waals surface area contributed by atoms with Crippen LogP contribution in [0, 0.1) is 28.6 Å². The van der Waals surface area contributed by atoms with E-state index in [4.69, 9.17) is 0 Å². The molecule has 3 fully saturated rings. The summed E-state index contributed by atoms with van der Waals surface area (Å²) in [6.45, 7) is 7.29. The van der Waals surface area contributed by atoms with Gasteiger partial charge in [-0.15, -0.1) is 0 Å². The van der Waals surface area contributed by atoms with Crippen molar-refractivity contribution in [1.29, 1.82) is 0 Å². The number of carbonyl (C=O) groups is 2. The first-order chi connectivity index (χ1) is 11.8. The second-order valence-electron chi connectivity index (χ2n) is 9.42. The number of hydrogen-bond acceptors (Lipinski definition) is 2. The number of rotatable bonds is 1. The van der Waals surface area contributed by atoms with Crippen LogP contribution in [0.4, 0.5) is 0 Å². The molecule has 138 valence electrons. The molecule has 1 heterocycles. The van der Waals surface area contributed by atoms with Gasteiger partial charge in [0.2, 0.25) is 11.8 Å². The van der Waals surface area contributed by atoms with Crippen molar-refractivity contribution in [2.24, 2.45) is 28.6 Å². The average Bonchev–Trinajstić information content (AvgIpc) is 2.77. The van der Waals surface area contributed by atoms with Gasteiger partial charge in [0, 0.05) is 25.6 Å².